The summed E-state index contributed by atoms with van der Waals surface area (Å²) in [6.45, 7) is 7.58. The SMILES string of the molecule is CCCCCCCCCCCCCCCCCCNC(=O)OC[C@@]1(C)CC[C@@](C)(COC(=O)N(C)Cc2cccc[n+]2C)O1. The summed E-state index contributed by atoms with van der Waals surface area (Å²) in [5.41, 5.74) is -0.208. The number of ether oxygens (including phenoxy) is 3. The summed E-state index contributed by atoms with van der Waals surface area (Å²) in [5, 5.41) is 2.88. The summed E-state index contributed by atoms with van der Waals surface area (Å²) in [5.74, 6) is 0. The monoisotopic (exact) mass is 618 g/mol. The largest absolute Gasteiger partial charge is 0.447 e. The molecule has 2 heterocycles. The molecule has 8 heteroatoms. The lowest BCUT2D eigenvalue weighted by Crippen LogP contribution is -2.42. The standard InChI is InChI=1S/C36H63N3O5/c1-6-7-8-9-10-11-12-13-14-15-16-17-18-19-20-22-27-37-33(40)42-30-35(2)25-26-36(3,44-35)31-43-34(41)39(5)29-32-24-21-23-28-38(32)4/h21,23-24,28H,6-20,22,25-27,29-31H2,1-5H3/p+1/t35-,36+/m1/s1. The van der Waals surface area contributed by atoms with Gasteiger partial charge in [0.2, 0.25) is 5.69 Å². The molecule has 0 aliphatic carbocycles. The van der Waals surface area contributed by atoms with Crippen molar-refractivity contribution in [3.05, 3.63) is 30.1 Å². The molecule has 1 aromatic rings. The van der Waals surface area contributed by atoms with Gasteiger partial charge in [-0.05, 0) is 33.1 Å². The number of carbonyl (C=O) groups is 2. The fraction of sp³-hybridized carbons (Fsp3) is 0.806. The molecule has 2 amide bonds. The number of nitrogens with zero attached hydrogens (tertiary/aromatic N) is 2. The van der Waals surface area contributed by atoms with Crippen LogP contribution in [0.3, 0.4) is 0 Å². The van der Waals surface area contributed by atoms with Crippen molar-refractivity contribution in [2.24, 2.45) is 7.05 Å². The molecule has 0 saturated carbocycles. The third kappa shape index (κ3) is 16.1. The maximum absolute atomic E-state index is 12.6. The Morgan fingerprint density at radius 2 is 1.32 bits per heavy atom. The molecule has 2 atom stereocenters. The third-order valence-electron chi connectivity index (χ3n) is 8.86. The third-order valence-corrected chi connectivity index (χ3v) is 8.86. The summed E-state index contributed by atoms with van der Waals surface area (Å²) in [4.78, 5) is 26.4. The van der Waals surface area contributed by atoms with E-state index in [0.717, 1.165) is 31.4 Å². The van der Waals surface area contributed by atoms with Crippen LogP contribution in [0.2, 0.25) is 0 Å². The van der Waals surface area contributed by atoms with Crippen LogP contribution in [0.1, 0.15) is 142 Å². The van der Waals surface area contributed by atoms with Crippen molar-refractivity contribution >= 4 is 12.2 Å². The van der Waals surface area contributed by atoms with E-state index in [9.17, 15) is 9.59 Å². The molecule has 1 aromatic heterocycles. The van der Waals surface area contributed by atoms with E-state index >= 15 is 0 Å². The number of aryl methyl sites for hydroxylation is 1. The van der Waals surface area contributed by atoms with Gasteiger partial charge >= 0.3 is 12.2 Å². The molecule has 1 aliphatic heterocycles. The van der Waals surface area contributed by atoms with Gasteiger partial charge in [-0.25, -0.2) is 14.2 Å². The van der Waals surface area contributed by atoms with Gasteiger partial charge in [0, 0.05) is 25.7 Å². The van der Waals surface area contributed by atoms with Crippen LogP contribution in [-0.2, 0) is 27.8 Å². The lowest BCUT2D eigenvalue weighted by atomic mass is 9.99. The van der Waals surface area contributed by atoms with Crippen LogP contribution in [0.25, 0.3) is 0 Å². The molecular weight excluding hydrogens is 554 g/mol. The second-order valence-electron chi connectivity index (χ2n) is 13.5. The Bertz CT molecular complexity index is 944. The van der Waals surface area contributed by atoms with E-state index in [0.29, 0.717) is 13.1 Å². The quantitative estimate of drug-likeness (QED) is 0.0984. The lowest BCUT2D eigenvalue weighted by molar-refractivity contribution is -0.680. The second kappa shape index (κ2) is 21.4. The first-order valence-electron chi connectivity index (χ1n) is 17.6. The summed E-state index contributed by atoms with van der Waals surface area (Å²) in [6, 6.07) is 5.88. The molecule has 1 N–H and O–H groups in total. The molecule has 1 saturated heterocycles. The molecule has 2 rings (SSSR count). The number of pyridine rings is 1. The van der Waals surface area contributed by atoms with E-state index in [4.69, 9.17) is 14.2 Å². The van der Waals surface area contributed by atoms with Gasteiger partial charge in [0.25, 0.3) is 0 Å². The fourth-order valence-electron chi connectivity index (χ4n) is 5.92. The van der Waals surface area contributed by atoms with Gasteiger partial charge in [0.05, 0.1) is 0 Å². The van der Waals surface area contributed by atoms with Crippen LogP contribution in [0.4, 0.5) is 9.59 Å². The maximum atomic E-state index is 12.6. The first-order chi connectivity index (χ1) is 21.2. The van der Waals surface area contributed by atoms with Crippen LogP contribution in [-0.4, -0.2) is 55.1 Å². The van der Waals surface area contributed by atoms with Crippen molar-refractivity contribution in [1.82, 2.24) is 10.2 Å². The van der Waals surface area contributed by atoms with Gasteiger partial charge < -0.3 is 24.4 Å². The number of hydrogen-bond acceptors (Lipinski definition) is 5. The maximum Gasteiger partial charge on any atom is 0.410 e. The number of rotatable bonds is 23. The van der Waals surface area contributed by atoms with Crippen LogP contribution in [0, 0.1) is 0 Å². The van der Waals surface area contributed by atoms with Gasteiger partial charge in [-0.3, -0.25) is 0 Å². The van der Waals surface area contributed by atoms with E-state index < -0.39 is 23.4 Å². The Morgan fingerprint density at radius 3 is 1.84 bits per heavy atom. The molecule has 0 bridgehead atoms. The average Bonchev–Trinajstić information content (AvgIpc) is 3.32. The number of nitrogens with one attached hydrogen (secondary N) is 1. The highest BCUT2D eigenvalue weighted by atomic mass is 16.6. The van der Waals surface area contributed by atoms with Crippen LogP contribution in [0.15, 0.2) is 24.4 Å². The van der Waals surface area contributed by atoms with Crippen LogP contribution >= 0.6 is 0 Å². The molecule has 1 aliphatic rings. The summed E-state index contributed by atoms with van der Waals surface area (Å²) >= 11 is 0. The van der Waals surface area contributed by atoms with E-state index in [1.54, 1.807) is 11.9 Å². The minimum absolute atomic E-state index is 0.151. The molecule has 252 valence electrons. The van der Waals surface area contributed by atoms with Crippen LogP contribution < -0.4 is 9.88 Å². The average molecular weight is 619 g/mol. The first-order valence-corrected chi connectivity index (χ1v) is 17.6. The Morgan fingerprint density at radius 1 is 0.818 bits per heavy atom. The summed E-state index contributed by atoms with van der Waals surface area (Å²) < 4.78 is 19.4. The number of carbonyl (C=O) groups excluding carboxylic acids is 2. The van der Waals surface area contributed by atoms with Crippen molar-refractivity contribution in [1.29, 1.82) is 0 Å². The van der Waals surface area contributed by atoms with Gasteiger partial charge in [-0.2, -0.15) is 0 Å². The number of alkyl carbamates (subject to hydrolysis) is 1. The van der Waals surface area contributed by atoms with Gasteiger partial charge in [-0.15, -0.1) is 0 Å². The number of amides is 2. The zero-order chi connectivity index (χ0) is 32.1. The predicted molar refractivity (Wildman–Crippen MR) is 176 cm³/mol. The molecule has 0 radical (unpaired) electrons. The zero-order valence-corrected chi connectivity index (χ0v) is 28.8. The summed E-state index contributed by atoms with van der Waals surface area (Å²) in [7, 11) is 3.68. The Kier molecular flexibility index (Phi) is 18.4. The van der Waals surface area contributed by atoms with Crippen molar-refractivity contribution in [3.63, 3.8) is 0 Å². The van der Waals surface area contributed by atoms with Gasteiger partial charge in [-0.1, -0.05) is 109 Å². The van der Waals surface area contributed by atoms with E-state index in [1.165, 1.54) is 89.9 Å². The van der Waals surface area contributed by atoms with E-state index in [-0.39, 0.29) is 13.2 Å². The van der Waals surface area contributed by atoms with Crippen molar-refractivity contribution < 1.29 is 28.4 Å². The van der Waals surface area contributed by atoms with Crippen molar-refractivity contribution in [2.45, 2.75) is 154 Å². The number of hydrogen-bond donors (Lipinski definition) is 1. The predicted octanol–water partition coefficient (Wildman–Crippen LogP) is 8.40. The van der Waals surface area contributed by atoms with Crippen LogP contribution in [0.5, 0.6) is 0 Å². The van der Waals surface area contributed by atoms with Crippen molar-refractivity contribution in [3.8, 4) is 0 Å². The molecule has 1 fully saturated rings. The highest BCUT2D eigenvalue weighted by Crippen LogP contribution is 2.38. The Labute approximate surface area is 268 Å². The molecule has 0 aromatic carbocycles. The molecule has 0 spiro atoms. The number of unbranched alkanes of at least 4 members (excludes halogenated alkanes) is 15. The smallest absolute Gasteiger partial charge is 0.410 e. The molecule has 8 nitrogen and oxygen atoms in total. The first kappa shape index (κ1) is 37.8. The summed E-state index contributed by atoms with van der Waals surface area (Å²) in [6.07, 6.45) is 23.9. The second-order valence-corrected chi connectivity index (χ2v) is 13.5. The number of aromatic nitrogens is 1. The molecule has 0 unspecified atom stereocenters. The molecular formula is C36H64N3O5+. The Hall–Kier alpha value is -2.35. The highest BCUT2D eigenvalue weighted by molar-refractivity contribution is 5.67. The zero-order valence-electron chi connectivity index (χ0n) is 28.8. The normalized spacial score (nSPS) is 19.6. The van der Waals surface area contributed by atoms with Gasteiger partial charge in [0.1, 0.15) is 38.0 Å². The minimum Gasteiger partial charge on any atom is -0.447 e. The Balaban J connectivity index is 1.45. The van der Waals surface area contributed by atoms with Crippen molar-refractivity contribution in [2.75, 3.05) is 26.8 Å². The van der Waals surface area contributed by atoms with Gasteiger partial charge in [0.15, 0.2) is 6.20 Å². The topological polar surface area (TPSA) is 81.0 Å². The minimum atomic E-state index is -0.615. The lowest BCUT2D eigenvalue weighted by Gasteiger charge is -2.30. The fourth-order valence-corrected chi connectivity index (χ4v) is 5.92. The highest BCUT2D eigenvalue weighted by Gasteiger charge is 2.45. The van der Waals surface area contributed by atoms with E-state index in [2.05, 4.69) is 12.2 Å². The van der Waals surface area contributed by atoms with E-state index in [1.807, 2.05) is 49.9 Å². The molecule has 44 heavy (non-hydrogen) atoms.